The van der Waals surface area contributed by atoms with Crippen molar-refractivity contribution in [3.8, 4) is 12.3 Å². The van der Waals surface area contributed by atoms with E-state index in [9.17, 15) is 5.11 Å². The maximum atomic E-state index is 9.63. The average molecular weight is 176 g/mol. The van der Waals surface area contributed by atoms with E-state index in [-0.39, 0.29) is 5.92 Å². The fourth-order valence-electron chi connectivity index (χ4n) is 0.950. The van der Waals surface area contributed by atoms with Gasteiger partial charge in [0.1, 0.15) is 0 Å². The number of hydrogen-bond acceptors (Lipinski definition) is 3. The van der Waals surface area contributed by atoms with Gasteiger partial charge >= 0.3 is 0 Å². The van der Waals surface area contributed by atoms with E-state index in [1.165, 1.54) is 0 Å². The number of aromatic nitrogens is 2. The Balaban J connectivity index is 2.87. The van der Waals surface area contributed by atoms with Crippen molar-refractivity contribution in [3.63, 3.8) is 0 Å². The third kappa shape index (κ3) is 2.27. The average Bonchev–Trinajstić information content (AvgIpc) is 2.17. The highest BCUT2D eigenvalue weighted by atomic mass is 16.3. The maximum Gasteiger partial charge on any atom is 0.204 e. The van der Waals surface area contributed by atoms with Crippen molar-refractivity contribution in [2.75, 3.05) is 0 Å². The SMILES string of the molecule is C#Cc1ncc([C@@H](O)C(C)C)cn1. The number of rotatable bonds is 2. The quantitative estimate of drug-likeness (QED) is 0.687. The van der Waals surface area contributed by atoms with E-state index < -0.39 is 6.10 Å². The first-order valence-corrected chi connectivity index (χ1v) is 4.11. The molecule has 0 saturated carbocycles. The van der Waals surface area contributed by atoms with Gasteiger partial charge in [-0.3, -0.25) is 0 Å². The molecule has 1 aromatic rings. The van der Waals surface area contributed by atoms with E-state index in [0.29, 0.717) is 11.4 Å². The van der Waals surface area contributed by atoms with Gasteiger partial charge < -0.3 is 5.11 Å². The molecule has 0 amide bonds. The first-order chi connectivity index (χ1) is 6.15. The maximum absolute atomic E-state index is 9.63. The molecule has 0 aliphatic heterocycles. The van der Waals surface area contributed by atoms with Crippen molar-refractivity contribution >= 4 is 0 Å². The summed E-state index contributed by atoms with van der Waals surface area (Å²) in [5.41, 5.74) is 0.703. The van der Waals surface area contributed by atoms with E-state index in [1.54, 1.807) is 12.4 Å². The molecule has 0 bridgehead atoms. The summed E-state index contributed by atoms with van der Waals surface area (Å²) in [5, 5.41) is 9.63. The van der Waals surface area contributed by atoms with Crippen molar-refractivity contribution in [2.24, 2.45) is 5.92 Å². The van der Waals surface area contributed by atoms with Crippen LogP contribution in [0.1, 0.15) is 31.3 Å². The topological polar surface area (TPSA) is 46.0 Å². The van der Waals surface area contributed by atoms with Crippen LogP contribution in [0.2, 0.25) is 0 Å². The van der Waals surface area contributed by atoms with Crippen LogP contribution in [0.25, 0.3) is 0 Å². The van der Waals surface area contributed by atoms with Gasteiger partial charge in [-0.15, -0.1) is 6.42 Å². The standard InChI is InChI=1S/C10H12N2O/c1-4-9-11-5-8(6-12-9)10(13)7(2)3/h1,5-7,10,13H,2-3H3/t10-/m0/s1. The van der Waals surface area contributed by atoms with Gasteiger partial charge in [-0.1, -0.05) is 13.8 Å². The van der Waals surface area contributed by atoms with Crippen LogP contribution in [-0.2, 0) is 0 Å². The van der Waals surface area contributed by atoms with Gasteiger partial charge in [0.15, 0.2) is 0 Å². The molecule has 0 aliphatic carbocycles. The minimum absolute atomic E-state index is 0.153. The molecule has 0 radical (unpaired) electrons. The normalized spacial score (nSPS) is 12.5. The van der Waals surface area contributed by atoms with Gasteiger partial charge in [0.25, 0.3) is 0 Å². The third-order valence-electron chi connectivity index (χ3n) is 1.77. The summed E-state index contributed by atoms with van der Waals surface area (Å²) < 4.78 is 0. The molecule has 68 valence electrons. The van der Waals surface area contributed by atoms with Crippen LogP contribution >= 0.6 is 0 Å². The zero-order valence-electron chi connectivity index (χ0n) is 7.73. The predicted octanol–water partition coefficient (Wildman–Crippen LogP) is 1.15. The van der Waals surface area contributed by atoms with Crippen LogP contribution in [0.15, 0.2) is 12.4 Å². The van der Waals surface area contributed by atoms with E-state index in [2.05, 4.69) is 15.9 Å². The van der Waals surface area contributed by atoms with E-state index in [1.807, 2.05) is 13.8 Å². The Hall–Kier alpha value is -1.40. The third-order valence-corrected chi connectivity index (χ3v) is 1.77. The molecule has 0 aromatic carbocycles. The molecule has 1 atom stereocenters. The van der Waals surface area contributed by atoms with E-state index >= 15 is 0 Å². The molecule has 0 spiro atoms. The summed E-state index contributed by atoms with van der Waals surface area (Å²) in [7, 11) is 0. The lowest BCUT2D eigenvalue weighted by atomic mass is 10.0. The van der Waals surface area contributed by atoms with Gasteiger partial charge in [-0.25, -0.2) is 9.97 Å². The number of hydrogen-bond donors (Lipinski definition) is 1. The smallest absolute Gasteiger partial charge is 0.204 e. The van der Waals surface area contributed by atoms with Crippen molar-refractivity contribution in [2.45, 2.75) is 20.0 Å². The van der Waals surface area contributed by atoms with Crippen molar-refractivity contribution in [1.29, 1.82) is 0 Å². The lowest BCUT2D eigenvalue weighted by Crippen LogP contribution is -2.06. The molecule has 1 N–H and O–H groups in total. The van der Waals surface area contributed by atoms with Crippen LogP contribution in [-0.4, -0.2) is 15.1 Å². The summed E-state index contributed by atoms with van der Waals surface area (Å²) in [6.07, 6.45) is 7.70. The van der Waals surface area contributed by atoms with Gasteiger partial charge in [0, 0.05) is 18.0 Å². The monoisotopic (exact) mass is 176 g/mol. The largest absolute Gasteiger partial charge is 0.388 e. The summed E-state index contributed by atoms with van der Waals surface area (Å²) in [5.74, 6) is 2.82. The zero-order valence-corrected chi connectivity index (χ0v) is 7.73. The van der Waals surface area contributed by atoms with Crippen LogP contribution in [0, 0.1) is 18.3 Å². The van der Waals surface area contributed by atoms with Crippen LogP contribution in [0.5, 0.6) is 0 Å². The van der Waals surface area contributed by atoms with Gasteiger partial charge in [-0.05, 0) is 11.8 Å². The highest BCUT2D eigenvalue weighted by molar-refractivity contribution is 5.18. The second-order valence-electron chi connectivity index (χ2n) is 3.17. The summed E-state index contributed by atoms with van der Waals surface area (Å²) in [6, 6.07) is 0. The van der Waals surface area contributed by atoms with Gasteiger partial charge in [0.2, 0.25) is 5.82 Å². The minimum atomic E-state index is -0.521. The fraction of sp³-hybridized carbons (Fsp3) is 0.400. The molecule has 3 heteroatoms. The molecular weight excluding hydrogens is 164 g/mol. The first-order valence-electron chi connectivity index (χ1n) is 4.11. The second-order valence-corrected chi connectivity index (χ2v) is 3.17. The first kappa shape index (κ1) is 9.69. The van der Waals surface area contributed by atoms with Crippen molar-refractivity contribution in [1.82, 2.24) is 9.97 Å². The molecule has 1 rings (SSSR count). The molecule has 0 aliphatic rings. The molecule has 0 fully saturated rings. The molecule has 3 nitrogen and oxygen atoms in total. The molecular formula is C10H12N2O. The molecule has 1 aromatic heterocycles. The molecule has 0 saturated heterocycles. The Morgan fingerprint density at radius 3 is 2.31 bits per heavy atom. The molecule has 1 heterocycles. The van der Waals surface area contributed by atoms with E-state index in [0.717, 1.165) is 0 Å². The van der Waals surface area contributed by atoms with Crippen LogP contribution in [0.4, 0.5) is 0 Å². The van der Waals surface area contributed by atoms with Crippen molar-refractivity contribution < 1.29 is 5.11 Å². The number of nitrogens with zero attached hydrogens (tertiary/aromatic N) is 2. The Labute approximate surface area is 77.9 Å². The minimum Gasteiger partial charge on any atom is -0.388 e. The molecule has 0 unspecified atom stereocenters. The fourth-order valence-corrected chi connectivity index (χ4v) is 0.950. The summed E-state index contributed by atoms with van der Waals surface area (Å²) in [4.78, 5) is 7.79. The number of aliphatic hydroxyl groups is 1. The molecule has 13 heavy (non-hydrogen) atoms. The van der Waals surface area contributed by atoms with Crippen LogP contribution < -0.4 is 0 Å². The van der Waals surface area contributed by atoms with Gasteiger partial charge in [0.05, 0.1) is 6.10 Å². The highest BCUT2D eigenvalue weighted by Gasteiger charge is 2.12. The Kier molecular flexibility index (Phi) is 2.99. The summed E-state index contributed by atoms with van der Waals surface area (Å²) >= 11 is 0. The van der Waals surface area contributed by atoms with Gasteiger partial charge in [-0.2, -0.15) is 0 Å². The Morgan fingerprint density at radius 1 is 1.38 bits per heavy atom. The highest BCUT2D eigenvalue weighted by Crippen LogP contribution is 2.19. The predicted molar refractivity (Wildman–Crippen MR) is 49.8 cm³/mol. The summed E-state index contributed by atoms with van der Waals surface area (Å²) in [6.45, 7) is 3.86. The van der Waals surface area contributed by atoms with Crippen molar-refractivity contribution in [3.05, 3.63) is 23.8 Å². The Morgan fingerprint density at radius 2 is 1.92 bits per heavy atom. The Bertz CT molecular complexity index is 311. The zero-order chi connectivity index (χ0) is 9.84. The lowest BCUT2D eigenvalue weighted by molar-refractivity contribution is 0.126. The van der Waals surface area contributed by atoms with Crippen LogP contribution in [0.3, 0.4) is 0 Å². The second kappa shape index (κ2) is 4.01. The lowest BCUT2D eigenvalue weighted by Gasteiger charge is -2.13. The number of aliphatic hydroxyl groups excluding tert-OH is 1. The van der Waals surface area contributed by atoms with E-state index in [4.69, 9.17) is 6.42 Å². The number of terminal acetylenes is 1.